The van der Waals surface area contributed by atoms with E-state index in [-0.39, 0.29) is 0 Å². The maximum atomic E-state index is 12.3. The summed E-state index contributed by atoms with van der Waals surface area (Å²) in [5, 5.41) is 0. The number of likely N-dealkylation sites (tertiary alicyclic amines) is 1. The lowest BCUT2D eigenvalue weighted by Crippen LogP contribution is -2.38. The molecule has 1 aromatic rings. The summed E-state index contributed by atoms with van der Waals surface area (Å²) >= 11 is 0. The van der Waals surface area contributed by atoms with Crippen molar-refractivity contribution in [2.75, 3.05) is 6.54 Å². The number of amides is 1. The minimum Gasteiger partial charge on any atom is -0.335 e. The lowest BCUT2D eigenvalue weighted by atomic mass is 9.84. The van der Waals surface area contributed by atoms with Gasteiger partial charge in [-0.3, -0.25) is 4.79 Å². The standard InChI is InChI=1S/C15H19NO/c17-15(13-8-4-9-13)16-11-5-10-14(16)12-6-2-1-3-7-12/h1-3,6-7,13-14H,4-5,8-11H2. The van der Waals surface area contributed by atoms with Gasteiger partial charge in [-0.1, -0.05) is 36.8 Å². The smallest absolute Gasteiger partial charge is 0.226 e. The average Bonchev–Trinajstić information content (AvgIpc) is 2.76. The summed E-state index contributed by atoms with van der Waals surface area (Å²) in [6.45, 7) is 0.953. The molecular formula is C15H19NO. The van der Waals surface area contributed by atoms with Crippen molar-refractivity contribution in [3.8, 4) is 0 Å². The van der Waals surface area contributed by atoms with Crippen LogP contribution in [-0.4, -0.2) is 17.4 Å². The van der Waals surface area contributed by atoms with E-state index < -0.39 is 0 Å². The highest BCUT2D eigenvalue weighted by Gasteiger charge is 2.35. The highest BCUT2D eigenvalue weighted by atomic mass is 16.2. The van der Waals surface area contributed by atoms with Crippen LogP contribution in [0.15, 0.2) is 30.3 Å². The van der Waals surface area contributed by atoms with Crippen LogP contribution >= 0.6 is 0 Å². The molecule has 3 rings (SSSR count). The van der Waals surface area contributed by atoms with Gasteiger partial charge < -0.3 is 4.90 Å². The molecule has 1 heterocycles. The summed E-state index contributed by atoms with van der Waals surface area (Å²) < 4.78 is 0. The first-order valence-corrected chi connectivity index (χ1v) is 6.71. The molecule has 90 valence electrons. The molecule has 2 fully saturated rings. The zero-order chi connectivity index (χ0) is 11.7. The largest absolute Gasteiger partial charge is 0.335 e. The Morgan fingerprint density at radius 1 is 1.06 bits per heavy atom. The Morgan fingerprint density at radius 3 is 2.47 bits per heavy atom. The quantitative estimate of drug-likeness (QED) is 0.763. The molecule has 17 heavy (non-hydrogen) atoms. The van der Waals surface area contributed by atoms with Crippen molar-refractivity contribution in [1.82, 2.24) is 4.90 Å². The fourth-order valence-corrected chi connectivity index (χ4v) is 2.94. The molecular weight excluding hydrogens is 210 g/mol. The number of carbonyl (C=O) groups is 1. The van der Waals surface area contributed by atoms with Gasteiger partial charge in [-0.05, 0) is 31.2 Å². The van der Waals surface area contributed by atoms with Crippen LogP contribution in [0.5, 0.6) is 0 Å². The predicted molar refractivity (Wildman–Crippen MR) is 67.5 cm³/mol. The van der Waals surface area contributed by atoms with Gasteiger partial charge in [-0.15, -0.1) is 0 Å². The Labute approximate surface area is 103 Å². The van der Waals surface area contributed by atoms with Gasteiger partial charge in [0.2, 0.25) is 5.91 Å². The maximum Gasteiger partial charge on any atom is 0.226 e. The fourth-order valence-electron chi connectivity index (χ4n) is 2.94. The first-order valence-electron chi connectivity index (χ1n) is 6.71. The van der Waals surface area contributed by atoms with Gasteiger partial charge in [0.1, 0.15) is 0 Å². The third-order valence-electron chi connectivity index (χ3n) is 4.17. The van der Waals surface area contributed by atoms with E-state index in [9.17, 15) is 4.79 Å². The Hall–Kier alpha value is -1.31. The van der Waals surface area contributed by atoms with E-state index in [1.807, 2.05) is 6.07 Å². The van der Waals surface area contributed by atoms with Crippen molar-refractivity contribution in [2.24, 2.45) is 5.92 Å². The van der Waals surface area contributed by atoms with Gasteiger partial charge in [0.25, 0.3) is 0 Å². The Balaban J connectivity index is 1.77. The van der Waals surface area contributed by atoms with Crippen molar-refractivity contribution < 1.29 is 4.79 Å². The molecule has 1 amide bonds. The van der Waals surface area contributed by atoms with Crippen LogP contribution in [0.25, 0.3) is 0 Å². The Morgan fingerprint density at radius 2 is 1.82 bits per heavy atom. The van der Waals surface area contributed by atoms with E-state index in [0.29, 0.717) is 17.9 Å². The van der Waals surface area contributed by atoms with Crippen molar-refractivity contribution in [3.63, 3.8) is 0 Å². The molecule has 1 aliphatic carbocycles. The Kier molecular flexibility index (Phi) is 2.87. The molecule has 0 radical (unpaired) electrons. The van der Waals surface area contributed by atoms with Crippen LogP contribution in [0.4, 0.5) is 0 Å². The van der Waals surface area contributed by atoms with Crippen LogP contribution in [0.1, 0.15) is 43.7 Å². The van der Waals surface area contributed by atoms with Gasteiger partial charge >= 0.3 is 0 Å². The third-order valence-corrected chi connectivity index (χ3v) is 4.17. The van der Waals surface area contributed by atoms with E-state index in [4.69, 9.17) is 0 Å². The summed E-state index contributed by atoms with van der Waals surface area (Å²) in [5.74, 6) is 0.738. The first-order chi connectivity index (χ1) is 8.36. The van der Waals surface area contributed by atoms with Gasteiger partial charge in [-0.2, -0.15) is 0 Å². The number of hydrogen-bond acceptors (Lipinski definition) is 1. The molecule has 0 spiro atoms. The molecule has 0 N–H and O–H groups in total. The van der Waals surface area contributed by atoms with Crippen molar-refractivity contribution >= 4 is 5.91 Å². The lowest BCUT2D eigenvalue weighted by Gasteiger charge is -2.33. The van der Waals surface area contributed by atoms with Crippen molar-refractivity contribution in [2.45, 2.75) is 38.1 Å². The number of benzene rings is 1. The molecule has 1 unspecified atom stereocenters. The van der Waals surface area contributed by atoms with Crippen molar-refractivity contribution in [3.05, 3.63) is 35.9 Å². The van der Waals surface area contributed by atoms with Gasteiger partial charge in [0, 0.05) is 12.5 Å². The second-order valence-electron chi connectivity index (χ2n) is 5.23. The monoisotopic (exact) mass is 229 g/mol. The van der Waals surface area contributed by atoms with E-state index >= 15 is 0 Å². The van der Waals surface area contributed by atoms with Gasteiger partial charge in [-0.25, -0.2) is 0 Å². The molecule has 1 aliphatic heterocycles. The summed E-state index contributed by atoms with van der Waals surface area (Å²) in [6.07, 6.45) is 5.73. The molecule has 1 saturated heterocycles. The van der Waals surface area contributed by atoms with Crippen molar-refractivity contribution in [1.29, 1.82) is 0 Å². The molecule has 2 nitrogen and oxygen atoms in total. The van der Waals surface area contributed by atoms with Crippen LogP contribution in [-0.2, 0) is 4.79 Å². The van der Waals surface area contributed by atoms with E-state index in [2.05, 4.69) is 29.2 Å². The number of carbonyl (C=O) groups excluding carboxylic acids is 1. The first kappa shape index (κ1) is 10.8. The number of rotatable bonds is 2. The minimum atomic E-state index is 0.333. The second-order valence-corrected chi connectivity index (χ2v) is 5.23. The van der Waals surface area contributed by atoms with Crippen LogP contribution in [0.3, 0.4) is 0 Å². The zero-order valence-corrected chi connectivity index (χ0v) is 10.1. The number of nitrogens with zero attached hydrogens (tertiary/aromatic N) is 1. The van der Waals surface area contributed by atoms with Gasteiger partial charge in [0.05, 0.1) is 6.04 Å². The number of hydrogen-bond donors (Lipinski definition) is 0. The summed E-state index contributed by atoms with van der Waals surface area (Å²) in [5.41, 5.74) is 1.30. The molecule has 1 atom stereocenters. The summed E-state index contributed by atoms with van der Waals surface area (Å²) in [7, 11) is 0. The van der Waals surface area contributed by atoms with E-state index in [1.165, 1.54) is 12.0 Å². The molecule has 1 aromatic carbocycles. The van der Waals surface area contributed by atoms with Gasteiger partial charge in [0.15, 0.2) is 0 Å². The normalized spacial score (nSPS) is 24.7. The Bertz CT molecular complexity index is 397. The van der Waals surface area contributed by atoms with E-state index in [1.54, 1.807) is 0 Å². The van der Waals surface area contributed by atoms with Crippen LogP contribution in [0.2, 0.25) is 0 Å². The average molecular weight is 229 g/mol. The third kappa shape index (κ3) is 1.97. The highest BCUT2D eigenvalue weighted by Crippen LogP contribution is 2.36. The van der Waals surface area contributed by atoms with E-state index in [0.717, 1.165) is 32.2 Å². The molecule has 0 aromatic heterocycles. The predicted octanol–water partition coefficient (Wildman–Crippen LogP) is 3.15. The lowest BCUT2D eigenvalue weighted by molar-refractivity contribution is -0.139. The second kappa shape index (κ2) is 4.52. The molecule has 2 aliphatic rings. The molecule has 2 heteroatoms. The molecule has 0 bridgehead atoms. The molecule has 1 saturated carbocycles. The minimum absolute atomic E-state index is 0.333. The summed E-state index contributed by atoms with van der Waals surface area (Å²) in [6, 6.07) is 10.8. The highest BCUT2D eigenvalue weighted by molar-refractivity contribution is 5.80. The fraction of sp³-hybridized carbons (Fsp3) is 0.533. The van der Waals surface area contributed by atoms with Crippen LogP contribution in [0, 0.1) is 5.92 Å². The summed E-state index contributed by atoms with van der Waals surface area (Å²) in [4.78, 5) is 14.5. The van der Waals surface area contributed by atoms with Crippen LogP contribution < -0.4 is 0 Å². The zero-order valence-electron chi connectivity index (χ0n) is 10.1. The topological polar surface area (TPSA) is 20.3 Å². The SMILES string of the molecule is O=C(C1CCC1)N1CCCC1c1ccccc1. The maximum absolute atomic E-state index is 12.3.